The van der Waals surface area contributed by atoms with Crippen molar-refractivity contribution < 1.29 is 9.18 Å². The maximum atomic E-state index is 14.0. The van der Waals surface area contributed by atoms with Crippen molar-refractivity contribution in [3.05, 3.63) is 66.1 Å². The summed E-state index contributed by atoms with van der Waals surface area (Å²) >= 11 is 0. The summed E-state index contributed by atoms with van der Waals surface area (Å²) in [6.07, 6.45) is 8.14. The second-order valence-corrected chi connectivity index (χ2v) is 7.56. The molecule has 0 N–H and O–H groups in total. The molecule has 2 aromatic rings. The van der Waals surface area contributed by atoms with Crippen LogP contribution in [0, 0.1) is 11.2 Å². The van der Waals surface area contributed by atoms with E-state index in [1.807, 2.05) is 28.0 Å². The molecule has 0 saturated carbocycles. The maximum Gasteiger partial charge on any atom is 0.223 e. The molecular weight excluding hydrogens is 341 g/mol. The van der Waals surface area contributed by atoms with Crippen LogP contribution < -0.4 is 4.90 Å². The molecule has 0 radical (unpaired) electrons. The lowest BCUT2D eigenvalue weighted by Crippen LogP contribution is -2.42. The number of rotatable bonds is 4. The van der Waals surface area contributed by atoms with Gasteiger partial charge in [-0.1, -0.05) is 42.5 Å². The number of pyridine rings is 1. The van der Waals surface area contributed by atoms with Crippen LogP contribution in [-0.2, 0) is 4.79 Å². The Kier molecular flexibility index (Phi) is 4.92. The molecular formula is C22H24FN3O. The van der Waals surface area contributed by atoms with E-state index in [0.29, 0.717) is 18.8 Å². The maximum absolute atomic E-state index is 14.0. The van der Waals surface area contributed by atoms with E-state index in [4.69, 9.17) is 0 Å². The standard InChI is InChI=1S/C22H24FN3O/c23-19-9-4-12-24-21(19)25-14-10-22(11-15-25)16-20(27)26(17-22)13-5-8-18-6-2-1-3-7-18/h1-9,12H,10-11,13-17H2. The number of benzene rings is 1. The lowest BCUT2D eigenvalue weighted by atomic mass is 9.77. The Hall–Kier alpha value is -2.69. The molecule has 2 aliphatic heterocycles. The SMILES string of the molecule is O=C1CC2(CCN(c3ncccc3F)CC2)CN1CC=Cc1ccccc1. The van der Waals surface area contributed by atoms with Gasteiger partial charge in [-0.3, -0.25) is 4.79 Å². The largest absolute Gasteiger partial charge is 0.354 e. The Balaban J connectivity index is 1.35. The van der Waals surface area contributed by atoms with E-state index in [0.717, 1.165) is 38.0 Å². The highest BCUT2D eigenvalue weighted by molar-refractivity contribution is 5.80. The lowest BCUT2D eigenvalue weighted by molar-refractivity contribution is -0.127. The minimum absolute atomic E-state index is 0.0272. The number of hydrogen-bond donors (Lipinski definition) is 0. The van der Waals surface area contributed by atoms with Gasteiger partial charge in [-0.25, -0.2) is 9.37 Å². The third-order valence-electron chi connectivity index (χ3n) is 5.70. The molecule has 2 saturated heterocycles. The lowest BCUT2D eigenvalue weighted by Gasteiger charge is -2.39. The van der Waals surface area contributed by atoms with Crippen molar-refractivity contribution in [2.24, 2.45) is 5.41 Å². The first kappa shape index (κ1) is 17.7. The first-order valence-corrected chi connectivity index (χ1v) is 9.50. The highest BCUT2D eigenvalue weighted by Crippen LogP contribution is 2.41. The monoisotopic (exact) mass is 365 g/mol. The van der Waals surface area contributed by atoms with E-state index in [1.54, 1.807) is 12.3 Å². The molecule has 0 atom stereocenters. The Morgan fingerprint density at radius 2 is 1.89 bits per heavy atom. The molecule has 4 rings (SSSR count). The van der Waals surface area contributed by atoms with Crippen LogP contribution >= 0.6 is 0 Å². The minimum Gasteiger partial charge on any atom is -0.354 e. The third-order valence-corrected chi connectivity index (χ3v) is 5.70. The van der Waals surface area contributed by atoms with Crippen molar-refractivity contribution in [1.82, 2.24) is 9.88 Å². The molecule has 1 spiro atoms. The molecule has 1 aromatic carbocycles. The summed E-state index contributed by atoms with van der Waals surface area (Å²) in [6.45, 7) is 2.93. The molecule has 0 bridgehead atoms. The van der Waals surface area contributed by atoms with Crippen molar-refractivity contribution in [3.63, 3.8) is 0 Å². The average molecular weight is 365 g/mol. The van der Waals surface area contributed by atoms with E-state index in [9.17, 15) is 9.18 Å². The van der Waals surface area contributed by atoms with Gasteiger partial charge < -0.3 is 9.80 Å². The smallest absolute Gasteiger partial charge is 0.223 e. The van der Waals surface area contributed by atoms with Crippen molar-refractivity contribution in [2.45, 2.75) is 19.3 Å². The van der Waals surface area contributed by atoms with Crippen LogP contribution in [0.2, 0.25) is 0 Å². The number of carbonyl (C=O) groups is 1. The molecule has 3 heterocycles. The number of amides is 1. The summed E-state index contributed by atoms with van der Waals surface area (Å²) in [5.41, 5.74) is 1.17. The first-order valence-electron chi connectivity index (χ1n) is 9.50. The van der Waals surface area contributed by atoms with E-state index in [-0.39, 0.29) is 17.1 Å². The van der Waals surface area contributed by atoms with Gasteiger partial charge in [0.1, 0.15) is 0 Å². The number of aromatic nitrogens is 1. The Bertz CT molecular complexity index is 828. The van der Waals surface area contributed by atoms with Crippen LogP contribution in [0.15, 0.2) is 54.7 Å². The van der Waals surface area contributed by atoms with Gasteiger partial charge in [0.25, 0.3) is 0 Å². The zero-order valence-corrected chi connectivity index (χ0v) is 15.4. The van der Waals surface area contributed by atoms with Gasteiger partial charge in [0.2, 0.25) is 5.91 Å². The first-order chi connectivity index (χ1) is 13.2. The second-order valence-electron chi connectivity index (χ2n) is 7.56. The van der Waals surface area contributed by atoms with Crippen LogP contribution in [0.4, 0.5) is 10.2 Å². The molecule has 0 unspecified atom stereocenters. The minimum atomic E-state index is -0.274. The predicted molar refractivity (Wildman–Crippen MR) is 105 cm³/mol. The van der Waals surface area contributed by atoms with Crippen molar-refractivity contribution in [1.29, 1.82) is 0 Å². The zero-order valence-electron chi connectivity index (χ0n) is 15.4. The third kappa shape index (κ3) is 3.87. The van der Waals surface area contributed by atoms with Crippen LogP contribution in [0.1, 0.15) is 24.8 Å². The van der Waals surface area contributed by atoms with E-state index in [1.165, 1.54) is 6.07 Å². The van der Waals surface area contributed by atoms with Gasteiger partial charge in [-0.15, -0.1) is 0 Å². The Morgan fingerprint density at radius 1 is 1.11 bits per heavy atom. The summed E-state index contributed by atoms with van der Waals surface area (Å²) < 4.78 is 14.0. The topological polar surface area (TPSA) is 36.4 Å². The summed E-state index contributed by atoms with van der Waals surface area (Å²) in [6, 6.07) is 13.2. The molecule has 1 aromatic heterocycles. The fourth-order valence-corrected chi connectivity index (χ4v) is 4.17. The molecule has 0 aliphatic carbocycles. The zero-order chi connectivity index (χ0) is 18.7. The van der Waals surface area contributed by atoms with Crippen molar-refractivity contribution in [2.75, 3.05) is 31.1 Å². The Morgan fingerprint density at radius 3 is 2.63 bits per heavy atom. The van der Waals surface area contributed by atoms with Gasteiger partial charge in [0.05, 0.1) is 0 Å². The predicted octanol–water partition coefficient (Wildman–Crippen LogP) is 3.75. The molecule has 2 aliphatic rings. The summed E-state index contributed by atoms with van der Waals surface area (Å²) in [7, 11) is 0. The second kappa shape index (κ2) is 7.51. The van der Waals surface area contributed by atoms with Crippen LogP contribution in [0.5, 0.6) is 0 Å². The molecule has 1 amide bonds. The summed E-state index contributed by atoms with van der Waals surface area (Å²) in [5, 5.41) is 0. The van der Waals surface area contributed by atoms with Gasteiger partial charge in [0, 0.05) is 44.2 Å². The van der Waals surface area contributed by atoms with Gasteiger partial charge in [-0.05, 0) is 30.5 Å². The number of likely N-dealkylation sites (tertiary alicyclic amines) is 1. The van der Waals surface area contributed by atoms with E-state index >= 15 is 0 Å². The van der Waals surface area contributed by atoms with Crippen molar-refractivity contribution >= 4 is 17.8 Å². The summed E-state index contributed by atoms with van der Waals surface area (Å²) in [5.74, 6) is 0.383. The molecule has 5 heteroatoms. The van der Waals surface area contributed by atoms with Crippen LogP contribution in [-0.4, -0.2) is 42.0 Å². The number of halogens is 1. The number of carbonyl (C=O) groups excluding carboxylic acids is 1. The van der Waals surface area contributed by atoms with Crippen LogP contribution in [0.3, 0.4) is 0 Å². The fraction of sp³-hybridized carbons (Fsp3) is 0.364. The van der Waals surface area contributed by atoms with Gasteiger partial charge in [0.15, 0.2) is 11.6 Å². The fourth-order valence-electron chi connectivity index (χ4n) is 4.17. The van der Waals surface area contributed by atoms with Gasteiger partial charge >= 0.3 is 0 Å². The molecule has 2 fully saturated rings. The van der Waals surface area contributed by atoms with Gasteiger partial charge in [-0.2, -0.15) is 0 Å². The van der Waals surface area contributed by atoms with E-state index < -0.39 is 0 Å². The van der Waals surface area contributed by atoms with E-state index in [2.05, 4.69) is 29.3 Å². The highest BCUT2D eigenvalue weighted by atomic mass is 19.1. The number of hydrogen-bond acceptors (Lipinski definition) is 3. The quantitative estimate of drug-likeness (QED) is 0.828. The highest BCUT2D eigenvalue weighted by Gasteiger charge is 2.44. The number of nitrogens with zero attached hydrogens (tertiary/aromatic N) is 3. The molecule has 4 nitrogen and oxygen atoms in total. The number of piperidine rings is 1. The number of anilines is 1. The molecule has 27 heavy (non-hydrogen) atoms. The van der Waals surface area contributed by atoms with Crippen LogP contribution in [0.25, 0.3) is 6.08 Å². The molecule has 140 valence electrons. The Labute approximate surface area is 159 Å². The average Bonchev–Trinajstić information content (AvgIpc) is 2.99. The summed E-state index contributed by atoms with van der Waals surface area (Å²) in [4.78, 5) is 20.6. The van der Waals surface area contributed by atoms with Crippen molar-refractivity contribution in [3.8, 4) is 0 Å². The normalized spacial score (nSPS) is 19.4.